The van der Waals surface area contributed by atoms with Gasteiger partial charge in [0.2, 0.25) is 0 Å². The van der Waals surface area contributed by atoms with Crippen molar-refractivity contribution in [2.45, 2.75) is 11.4 Å². The van der Waals surface area contributed by atoms with Crippen LogP contribution in [0, 0.1) is 5.82 Å². The molecule has 0 bridgehead atoms. The third-order valence-electron chi connectivity index (χ3n) is 2.29. The van der Waals surface area contributed by atoms with Crippen LogP contribution in [0.2, 0.25) is 0 Å². The molecule has 0 aliphatic rings. The Morgan fingerprint density at radius 3 is 3.00 bits per heavy atom. The molecule has 0 saturated heterocycles. The number of aryl methyl sites for hydroxylation is 1. The topological polar surface area (TPSA) is 60.9 Å². The van der Waals surface area contributed by atoms with Crippen LogP contribution in [0.4, 0.5) is 10.1 Å². The predicted octanol–water partition coefficient (Wildman–Crippen LogP) is 1.41. The van der Waals surface area contributed by atoms with Crippen molar-refractivity contribution < 1.29 is 8.60 Å². The van der Waals surface area contributed by atoms with Gasteiger partial charge in [0.15, 0.2) is 0 Å². The molecular formula is C11H12FN3OS. The van der Waals surface area contributed by atoms with E-state index in [2.05, 4.69) is 5.10 Å². The van der Waals surface area contributed by atoms with Gasteiger partial charge in [-0.15, -0.1) is 0 Å². The maximum absolute atomic E-state index is 13.0. The first-order valence-corrected chi connectivity index (χ1v) is 6.39. The van der Waals surface area contributed by atoms with E-state index in [1.165, 1.54) is 18.2 Å². The second kappa shape index (κ2) is 5.09. The zero-order chi connectivity index (χ0) is 12.3. The lowest BCUT2D eigenvalue weighted by Gasteiger charge is -2.06. The Hall–Kier alpha value is -1.69. The summed E-state index contributed by atoms with van der Waals surface area (Å²) in [4.78, 5) is 0.345. The highest BCUT2D eigenvalue weighted by Gasteiger charge is 2.09. The average molecular weight is 253 g/mol. The molecule has 0 aliphatic heterocycles. The Bertz CT molecular complexity index is 528. The normalized spacial score (nSPS) is 12.5. The smallest absolute Gasteiger partial charge is 0.124 e. The first kappa shape index (κ1) is 11.8. The molecule has 1 aromatic heterocycles. The van der Waals surface area contributed by atoms with Gasteiger partial charge in [-0.1, -0.05) is 0 Å². The molecule has 0 fully saturated rings. The van der Waals surface area contributed by atoms with Gasteiger partial charge in [0, 0.05) is 23.8 Å². The minimum atomic E-state index is -1.32. The number of anilines is 1. The second-order valence-corrected chi connectivity index (χ2v) is 5.04. The van der Waals surface area contributed by atoms with E-state index < -0.39 is 16.6 Å². The van der Waals surface area contributed by atoms with Crippen molar-refractivity contribution in [1.29, 1.82) is 0 Å². The van der Waals surface area contributed by atoms with Gasteiger partial charge in [0.25, 0.3) is 0 Å². The van der Waals surface area contributed by atoms with Crippen LogP contribution in [0.15, 0.2) is 41.6 Å². The zero-order valence-electron chi connectivity index (χ0n) is 9.04. The Balaban J connectivity index is 2.07. The second-order valence-electron chi connectivity index (χ2n) is 3.50. The fourth-order valence-electron chi connectivity index (χ4n) is 1.42. The maximum Gasteiger partial charge on any atom is 0.124 e. The lowest BCUT2D eigenvalue weighted by Crippen LogP contribution is -2.09. The van der Waals surface area contributed by atoms with E-state index in [0.717, 1.165) is 0 Å². The van der Waals surface area contributed by atoms with Crippen LogP contribution in [0.5, 0.6) is 0 Å². The molecule has 4 nitrogen and oxygen atoms in total. The summed E-state index contributed by atoms with van der Waals surface area (Å²) in [6.07, 6.45) is 3.44. The summed E-state index contributed by atoms with van der Waals surface area (Å²) in [5, 5.41) is 4.00. The molecule has 6 heteroatoms. The van der Waals surface area contributed by atoms with Crippen LogP contribution in [-0.4, -0.2) is 19.7 Å². The summed E-state index contributed by atoms with van der Waals surface area (Å²) in [6.45, 7) is 0.509. The minimum absolute atomic E-state index is 0.345. The third-order valence-corrected chi connectivity index (χ3v) is 3.68. The van der Waals surface area contributed by atoms with Crippen molar-refractivity contribution in [3.8, 4) is 0 Å². The van der Waals surface area contributed by atoms with Gasteiger partial charge in [0.05, 0.1) is 22.2 Å². The van der Waals surface area contributed by atoms with Crippen molar-refractivity contribution >= 4 is 16.5 Å². The van der Waals surface area contributed by atoms with Gasteiger partial charge in [-0.25, -0.2) is 4.39 Å². The van der Waals surface area contributed by atoms with Crippen LogP contribution in [0.25, 0.3) is 0 Å². The van der Waals surface area contributed by atoms with Crippen LogP contribution < -0.4 is 5.73 Å². The monoisotopic (exact) mass is 253 g/mol. The van der Waals surface area contributed by atoms with E-state index in [0.29, 0.717) is 22.9 Å². The minimum Gasteiger partial charge on any atom is -0.398 e. The molecule has 0 aliphatic carbocycles. The van der Waals surface area contributed by atoms with Crippen molar-refractivity contribution in [2.75, 3.05) is 11.5 Å². The van der Waals surface area contributed by atoms with Crippen molar-refractivity contribution in [3.63, 3.8) is 0 Å². The number of hydrogen-bond acceptors (Lipinski definition) is 3. The van der Waals surface area contributed by atoms with E-state index >= 15 is 0 Å². The van der Waals surface area contributed by atoms with Gasteiger partial charge in [-0.2, -0.15) is 5.10 Å². The Labute approximate surface area is 101 Å². The largest absolute Gasteiger partial charge is 0.398 e. The summed E-state index contributed by atoms with van der Waals surface area (Å²) in [5.41, 5.74) is 6.01. The summed E-state index contributed by atoms with van der Waals surface area (Å²) >= 11 is 0. The quantitative estimate of drug-likeness (QED) is 0.838. The van der Waals surface area contributed by atoms with E-state index in [4.69, 9.17) is 5.73 Å². The van der Waals surface area contributed by atoms with E-state index in [-0.39, 0.29) is 0 Å². The first-order valence-electron chi connectivity index (χ1n) is 5.07. The first-order chi connectivity index (χ1) is 8.16. The number of benzene rings is 1. The summed E-state index contributed by atoms with van der Waals surface area (Å²) in [7, 11) is -1.32. The number of nitrogens with two attached hydrogens (primary N) is 1. The standard InChI is InChI=1S/C11H12FN3OS/c12-9-2-3-10(13)11(8-9)17(16)7-6-15-5-1-4-14-15/h1-5,8H,6-7,13H2. The molecule has 1 heterocycles. The van der Waals surface area contributed by atoms with E-state index in [1.807, 2.05) is 0 Å². The molecular weight excluding hydrogens is 241 g/mol. The van der Waals surface area contributed by atoms with Crippen molar-refractivity contribution in [3.05, 3.63) is 42.5 Å². The number of hydrogen-bond donors (Lipinski definition) is 1. The number of nitrogen functional groups attached to an aromatic ring is 1. The van der Waals surface area contributed by atoms with Crippen LogP contribution >= 0.6 is 0 Å². The highest BCUT2D eigenvalue weighted by Crippen LogP contribution is 2.17. The summed E-state index contributed by atoms with van der Waals surface area (Å²) < 4.78 is 26.6. The van der Waals surface area contributed by atoms with Crippen molar-refractivity contribution in [1.82, 2.24) is 9.78 Å². The lowest BCUT2D eigenvalue weighted by molar-refractivity contribution is 0.621. The fourth-order valence-corrected chi connectivity index (χ4v) is 2.57. The van der Waals surface area contributed by atoms with Crippen LogP contribution in [-0.2, 0) is 17.3 Å². The molecule has 2 N–H and O–H groups in total. The highest BCUT2D eigenvalue weighted by molar-refractivity contribution is 7.85. The molecule has 1 atom stereocenters. The van der Waals surface area contributed by atoms with Gasteiger partial charge in [-0.3, -0.25) is 8.89 Å². The number of aromatic nitrogens is 2. The average Bonchev–Trinajstić information content (AvgIpc) is 2.82. The molecule has 17 heavy (non-hydrogen) atoms. The van der Waals surface area contributed by atoms with Crippen LogP contribution in [0.1, 0.15) is 0 Å². The predicted molar refractivity (Wildman–Crippen MR) is 64.3 cm³/mol. The van der Waals surface area contributed by atoms with E-state index in [9.17, 15) is 8.60 Å². The SMILES string of the molecule is Nc1ccc(F)cc1S(=O)CCn1cccn1. The Morgan fingerprint density at radius 2 is 2.29 bits per heavy atom. The zero-order valence-corrected chi connectivity index (χ0v) is 9.86. The number of halogens is 1. The Morgan fingerprint density at radius 1 is 1.47 bits per heavy atom. The van der Waals surface area contributed by atoms with Gasteiger partial charge < -0.3 is 5.73 Å². The molecule has 0 radical (unpaired) electrons. The molecule has 90 valence electrons. The highest BCUT2D eigenvalue weighted by atomic mass is 32.2. The molecule has 2 aromatic rings. The summed E-state index contributed by atoms with van der Waals surface area (Å²) in [5.74, 6) is -0.0726. The molecule has 2 rings (SSSR count). The Kier molecular flexibility index (Phi) is 3.53. The molecule has 0 amide bonds. The van der Waals surface area contributed by atoms with Crippen molar-refractivity contribution in [2.24, 2.45) is 0 Å². The number of nitrogens with zero attached hydrogens (tertiary/aromatic N) is 2. The van der Waals surface area contributed by atoms with Gasteiger partial charge in [0.1, 0.15) is 5.82 Å². The maximum atomic E-state index is 13.0. The summed E-state index contributed by atoms with van der Waals surface area (Å²) in [6, 6.07) is 5.69. The third kappa shape index (κ3) is 2.91. The molecule has 0 spiro atoms. The lowest BCUT2D eigenvalue weighted by atomic mass is 10.3. The fraction of sp³-hybridized carbons (Fsp3) is 0.182. The number of rotatable bonds is 4. The van der Waals surface area contributed by atoms with Gasteiger partial charge in [-0.05, 0) is 24.3 Å². The van der Waals surface area contributed by atoms with Crippen LogP contribution in [0.3, 0.4) is 0 Å². The molecule has 0 saturated carbocycles. The molecule has 1 aromatic carbocycles. The molecule has 1 unspecified atom stereocenters. The van der Waals surface area contributed by atoms with Gasteiger partial charge >= 0.3 is 0 Å². The van der Waals surface area contributed by atoms with E-state index in [1.54, 1.807) is 23.1 Å².